The van der Waals surface area contributed by atoms with Gasteiger partial charge in [-0.15, -0.1) is 0 Å². The van der Waals surface area contributed by atoms with Crippen molar-refractivity contribution in [1.82, 2.24) is 5.32 Å². The van der Waals surface area contributed by atoms with Crippen molar-refractivity contribution >= 4 is 5.91 Å². The molecule has 19 heavy (non-hydrogen) atoms. The number of carbonyl (C=O) groups is 1. The third-order valence-corrected chi connectivity index (χ3v) is 2.81. The average molecular weight is 275 g/mol. The number of hydrogen-bond acceptors (Lipinski definition) is 2. The lowest BCUT2D eigenvalue weighted by atomic mass is 10.0. The van der Waals surface area contributed by atoms with Crippen LogP contribution in [0.5, 0.6) is 0 Å². The minimum atomic E-state index is -1.60. The second-order valence-electron chi connectivity index (χ2n) is 4.59. The predicted molar refractivity (Wildman–Crippen MR) is 64.1 cm³/mol. The van der Waals surface area contributed by atoms with Gasteiger partial charge in [0.05, 0.1) is 0 Å². The maximum absolute atomic E-state index is 13.0. The van der Waals surface area contributed by atoms with Gasteiger partial charge in [-0.3, -0.25) is 4.79 Å². The van der Waals surface area contributed by atoms with Crippen LogP contribution in [-0.4, -0.2) is 23.7 Å². The molecule has 106 valence electrons. The van der Waals surface area contributed by atoms with E-state index in [4.69, 9.17) is 5.11 Å². The number of aliphatic hydroxyl groups excluding tert-OH is 1. The molecule has 0 aromatic heterocycles. The summed E-state index contributed by atoms with van der Waals surface area (Å²) in [6.45, 7) is 3.56. The zero-order valence-electron chi connectivity index (χ0n) is 10.7. The highest BCUT2D eigenvalue weighted by Gasteiger charge is 2.19. The summed E-state index contributed by atoms with van der Waals surface area (Å²) in [5, 5.41) is 11.4. The van der Waals surface area contributed by atoms with Crippen LogP contribution < -0.4 is 5.32 Å². The molecule has 1 aromatic carbocycles. The molecular formula is C13H16F3NO2. The molecular weight excluding hydrogens is 259 g/mol. The Morgan fingerprint density at radius 2 is 1.79 bits per heavy atom. The first kappa shape index (κ1) is 15.5. The minimum absolute atomic E-state index is 0.0474. The van der Waals surface area contributed by atoms with Gasteiger partial charge < -0.3 is 10.4 Å². The van der Waals surface area contributed by atoms with E-state index >= 15 is 0 Å². The molecule has 0 spiro atoms. The first-order chi connectivity index (χ1) is 8.86. The standard InChI is InChI=1S/C13H16F3NO2/c1-7(2)11(3-4-18)17-13(19)8-5-9(14)12(16)10(15)6-8/h5-7,11,18H,3-4H2,1-2H3,(H,17,19). The monoisotopic (exact) mass is 275 g/mol. The highest BCUT2D eigenvalue weighted by Crippen LogP contribution is 2.14. The van der Waals surface area contributed by atoms with Crippen molar-refractivity contribution in [3.8, 4) is 0 Å². The number of hydrogen-bond donors (Lipinski definition) is 2. The smallest absolute Gasteiger partial charge is 0.251 e. The number of carbonyl (C=O) groups excluding carboxylic acids is 1. The van der Waals surface area contributed by atoms with E-state index in [1.807, 2.05) is 13.8 Å². The molecule has 0 heterocycles. The van der Waals surface area contributed by atoms with Gasteiger partial charge in [0.25, 0.3) is 5.91 Å². The Kier molecular flexibility index (Phi) is 5.35. The number of benzene rings is 1. The number of amides is 1. The molecule has 2 N–H and O–H groups in total. The van der Waals surface area contributed by atoms with E-state index in [0.717, 1.165) is 0 Å². The fourth-order valence-corrected chi connectivity index (χ4v) is 1.65. The summed E-state index contributed by atoms with van der Waals surface area (Å²) in [6.07, 6.45) is 0.329. The minimum Gasteiger partial charge on any atom is -0.396 e. The number of rotatable bonds is 5. The lowest BCUT2D eigenvalue weighted by Gasteiger charge is -2.21. The number of nitrogens with one attached hydrogen (secondary N) is 1. The quantitative estimate of drug-likeness (QED) is 0.810. The van der Waals surface area contributed by atoms with Crippen molar-refractivity contribution < 1.29 is 23.1 Å². The van der Waals surface area contributed by atoms with Crippen LogP contribution in [-0.2, 0) is 0 Å². The van der Waals surface area contributed by atoms with Crippen LogP contribution in [0.1, 0.15) is 30.6 Å². The van der Waals surface area contributed by atoms with Crippen molar-refractivity contribution in [2.24, 2.45) is 5.92 Å². The van der Waals surface area contributed by atoms with E-state index < -0.39 is 23.4 Å². The third-order valence-electron chi connectivity index (χ3n) is 2.81. The number of aliphatic hydroxyl groups is 1. The lowest BCUT2D eigenvalue weighted by molar-refractivity contribution is 0.0915. The molecule has 0 saturated heterocycles. The zero-order chi connectivity index (χ0) is 14.6. The fourth-order valence-electron chi connectivity index (χ4n) is 1.65. The fraction of sp³-hybridized carbons (Fsp3) is 0.462. The van der Waals surface area contributed by atoms with Gasteiger partial charge in [-0.25, -0.2) is 13.2 Å². The second-order valence-corrected chi connectivity index (χ2v) is 4.59. The maximum atomic E-state index is 13.0. The van der Waals surface area contributed by atoms with Gasteiger partial charge >= 0.3 is 0 Å². The zero-order valence-corrected chi connectivity index (χ0v) is 10.7. The summed E-state index contributed by atoms with van der Waals surface area (Å²) < 4.78 is 38.8. The molecule has 1 amide bonds. The summed E-state index contributed by atoms with van der Waals surface area (Å²) in [7, 11) is 0. The van der Waals surface area contributed by atoms with Crippen LogP contribution in [0.15, 0.2) is 12.1 Å². The summed E-state index contributed by atoms with van der Waals surface area (Å²) in [6, 6.07) is 0.961. The van der Waals surface area contributed by atoms with Crippen LogP contribution in [0.2, 0.25) is 0 Å². The molecule has 3 nitrogen and oxygen atoms in total. The van der Waals surface area contributed by atoms with Gasteiger partial charge in [0.15, 0.2) is 17.5 Å². The molecule has 1 atom stereocenters. The molecule has 0 aliphatic carbocycles. The van der Waals surface area contributed by atoms with Crippen molar-refractivity contribution in [3.63, 3.8) is 0 Å². The molecule has 0 aliphatic rings. The second kappa shape index (κ2) is 6.56. The molecule has 1 rings (SSSR count). The van der Waals surface area contributed by atoms with Gasteiger partial charge in [-0.1, -0.05) is 13.8 Å². The Labute approximate surface area is 109 Å². The largest absolute Gasteiger partial charge is 0.396 e. The topological polar surface area (TPSA) is 49.3 Å². The highest BCUT2D eigenvalue weighted by atomic mass is 19.2. The van der Waals surface area contributed by atoms with E-state index in [1.54, 1.807) is 0 Å². The Hall–Kier alpha value is -1.56. The molecule has 0 radical (unpaired) electrons. The van der Waals surface area contributed by atoms with E-state index in [-0.39, 0.29) is 24.1 Å². The van der Waals surface area contributed by atoms with Gasteiger partial charge in [0.1, 0.15) is 0 Å². The predicted octanol–water partition coefficient (Wildman–Crippen LogP) is 2.24. The van der Waals surface area contributed by atoms with Crippen LogP contribution in [0.3, 0.4) is 0 Å². The highest BCUT2D eigenvalue weighted by molar-refractivity contribution is 5.94. The molecule has 1 aromatic rings. The van der Waals surface area contributed by atoms with Crippen LogP contribution in [0.25, 0.3) is 0 Å². The summed E-state index contributed by atoms with van der Waals surface area (Å²) in [5.41, 5.74) is -0.292. The molecule has 6 heteroatoms. The Morgan fingerprint density at radius 3 is 2.21 bits per heavy atom. The van der Waals surface area contributed by atoms with E-state index in [0.29, 0.717) is 18.6 Å². The van der Waals surface area contributed by atoms with Gasteiger partial charge in [0.2, 0.25) is 0 Å². The van der Waals surface area contributed by atoms with Crippen molar-refractivity contribution in [1.29, 1.82) is 0 Å². The van der Waals surface area contributed by atoms with Crippen LogP contribution >= 0.6 is 0 Å². The van der Waals surface area contributed by atoms with Crippen LogP contribution in [0.4, 0.5) is 13.2 Å². The van der Waals surface area contributed by atoms with Crippen LogP contribution in [0, 0.1) is 23.4 Å². The molecule has 0 bridgehead atoms. The van der Waals surface area contributed by atoms with Gasteiger partial charge in [0, 0.05) is 18.2 Å². The average Bonchev–Trinajstić information content (AvgIpc) is 2.34. The van der Waals surface area contributed by atoms with Crippen molar-refractivity contribution in [2.45, 2.75) is 26.3 Å². The molecule has 0 saturated carbocycles. The Balaban J connectivity index is 2.88. The number of halogens is 3. The van der Waals surface area contributed by atoms with E-state index in [9.17, 15) is 18.0 Å². The van der Waals surface area contributed by atoms with Gasteiger partial charge in [-0.2, -0.15) is 0 Å². The Bertz CT molecular complexity index is 440. The summed E-state index contributed by atoms with van der Waals surface area (Å²) in [4.78, 5) is 11.8. The van der Waals surface area contributed by atoms with Crippen molar-refractivity contribution in [3.05, 3.63) is 35.1 Å². The molecule has 0 aliphatic heterocycles. The third kappa shape index (κ3) is 3.96. The lowest BCUT2D eigenvalue weighted by Crippen LogP contribution is -2.39. The summed E-state index contributed by atoms with van der Waals surface area (Å²) in [5.74, 6) is -5.08. The Morgan fingerprint density at radius 1 is 1.26 bits per heavy atom. The SMILES string of the molecule is CC(C)C(CCO)NC(=O)c1cc(F)c(F)c(F)c1. The van der Waals surface area contributed by atoms with E-state index in [1.165, 1.54) is 0 Å². The van der Waals surface area contributed by atoms with E-state index in [2.05, 4.69) is 5.32 Å². The first-order valence-electron chi connectivity index (χ1n) is 5.93. The normalized spacial score (nSPS) is 12.6. The molecule has 1 unspecified atom stereocenters. The van der Waals surface area contributed by atoms with Gasteiger partial charge in [-0.05, 0) is 24.5 Å². The molecule has 0 fully saturated rings. The maximum Gasteiger partial charge on any atom is 0.251 e. The van der Waals surface area contributed by atoms with Crippen molar-refractivity contribution in [2.75, 3.05) is 6.61 Å². The summed E-state index contributed by atoms with van der Waals surface area (Å²) >= 11 is 0. The first-order valence-corrected chi connectivity index (χ1v) is 5.93.